The van der Waals surface area contributed by atoms with Crippen molar-refractivity contribution >= 4 is 11.6 Å². The molecule has 138 valence electrons. The number of hydrogen-bond acceptors (Lipinski definition) is 2. The first kappa shape index (κ1) is 17.3. The van der Waals surface area contributed by atoms with Crippen molar-refractivity contribution in [1.82, 2.24) is 9.78 Å². The van der Waals surface area contributed by atoms with E-state index in [9.17, 15) is 18.0 Å². The van der Waals surface area contributed by atoms with Gasteiger partial charge in [-0.2, -0.15) is 18.3 Å². The van der Waals surface area contributed by atoms with Crippen LogP contribution in [0.3, 0.4) is 0 Å². The number of aromatic nitrogens is 2. The van der Waals surface area contributed by atoms with Crippen LogP contribution in [0.2, 0.25) is 0 Å². The Morgan fingerprint density at radius 1 is 1.07 bits per heavy atom. The normalized spacial score (nSPS) is 14.1. The zero-order valence-corrected chi connectivity index (χ0v) is 14.3. The van der Waals surface area contributed by atoms with Gasteiger partial charge < -0.3 is 4.90 Å². The Morgan fingerprint density at radius 2 is 1.85 bits per heavy atom. The summed E-state index contributed by atoms with van der Waals surface area (Å²) < 4.78 is 40.5. The molecule has 0 N–H and O–H groups in total. The topological polar surface area (TPSA) is 38.1 Å². The molecule has 1 aromatic heterocycles. The third-order valence-electron chi connectivity index (χ3n) is 4.62. The fraction of sp³-hybridized carbons (Fsp3) is 0.200. The van der Waals surface area contributed by atoms with Gasteiger partial charge in [-0.05, 0) is 48.7 Å². The lowest BCUT2D eigenvalue weighted by atomic mass is 9.98. The number of para-hydroxylation sites is 1. The van der Waals surface area contributed by atoms with E-state index in [2.05, 4.69) is 5.10 Å². The third kappa shape index (κ3) is 3.32. The molecule has 0 atom stereocenters. The average molecular weight is 371 g/mol. The zero-order chi connectivity index (χ0) is 19.0. The van der Waals surface area contributed by atoms with Crippen LogP contribution in [0.4, 0.5) is 18.9 Å². The van der Waals surface area contributed by atoms with E-state index in [4.69, 9.17) is 0 Å². The summed E-state index contributed by atoms with van der Waals surface area (Å²) in [5.74, 6) is -0.266. The molecule has 1 aliphatic heterocycles. The largest absolute Gasteiger partial charge is 0.416 e. The van der Waals surface area contributed by atoms with E-state index in [-0.39, 0.29) is 5.91 Å². The van der Waals surface area contributed by atoms with E-state index >= 15 is 0 Å². The zero-order valence-electron chi connectivity index (χ0n) is 14.3. The third-order valence-corrected chi connectivity index (χ3v) is 4.62. The Morgan fingerprint density at radius 3 is 2.59 bits per heavy atom. The maximum atomic E-state index is 13.0. The van der Waals surface area contributed by atoms with E-state index < -0.39 is 11.7 Å². The SMILES string of the molecule is O=C(c1cnn(-c2ccccc2)c1)N1CCCc2cc(C(F)(F)F)ccc21. The van der Waals surface area contributed by atoms with Crippen LogP contribution < -0.4 is 4.90 Å². The monoisotopic (exact) mass is 371 g/mol. The van der Waals surface area contributed by atoms with Crippen molar-refractivity contribution in [2.24, 2.45) is 0 Å². The van der Waals surface area contributed by atoms with Crippen LogP contribution in [0.15, 0.2) is 60.9 Å². The van der Waals surface area contributed by atoms with Crippen molar-refractivity contribution in [2.45, 2.75) is 19.0 Å². The van der Waals surface area contributed by atoms with Gasteiger partial charge in [0.15, 0.2) is 0 Å². The Labute approximate surface area is 153 Å². The minimum atomic E-state index is -4.39. The molecule has 0 saturated heterocycles. The molecule has 4 rings (SSSR count). The highest BCUT2D eigenvalue weighted by Crippen LogP contribution is 2.35. The first-order valence-corrected chi connectivity index (χ1v) is 8.55. The molecule has 0 radical (unpaired) electrons. The number of amides is 1. The summed E-state index contributed by atoms with van der Waals surface area (Å²) in [6, 6.07) is 12.9. The molecule has 4 nitrogen and oxygen atoms in total. The molecule has 1 amide bonds. The summed E-state index contributed by atoms with van der Waals surface area (Å²) >= 11 is 0. The van der Waals surface area contributed by atoms with Crippen molar-refractivity contribution in [3.05, 3.63) is 77.6 Å². The number of anilines is 1. The molecule has 2 heterocycles. The van der Waals surface area contributed by atoms with Gasteiger partial charge in [-0.25, -0.2) is 4.68 Å². The summed E-state index contributed by atoms with van der Waals surface area (Å²) in [4.78, 5) is 14.5. The van der Waals surface area contributed by atoms with Crippen LogP contribution >= 0.6 is 0 Å². The highest BCUT2D eigenvalue weighted by atomic mass is 19.4. The molecule has 3 aromatic rings. The minimum absolute atomic E-state index is 0.266. The fourth-order valence-corrected chi connectivity index (χ4v) is 3.30. The van der Waals surface area contributed by atoms with Crippen LogP contribution in [-0.2, 0) is 12.6 Å². The highest BCUT2D eigenvalue weighted by molar-refractivity contribution is 6.06. The number of carbonyl (C=O) groups is 1. The van der Waals surface area contributed by atoms with Gasteiger partial charge in [-0.15, -0.1) is 0 Å². The van der Waals surface area contributed by atoms with Crippen molar-refractivity contribution in [3.63, 3.8) is 0 Å². The lowest BCUT2D eigenvalue weighted by Gasteiger charge is -2.29. The molecule has 0 aliphatic carbocycles. The predicted molar refractivity (Wildman–Crippen MR) is 95.0 cm³/mol. The van der Waals surface area contributed by atoms with Gasteiger partial charge in [0.05, 0.1) is 23.0 Å². The number of fused-ring (bicyclic) bond motifs is 1. The maximum Gasteiger partial charge on any atom is 0.416 e. The van der Waals surface area contributed by atoms with Crippen molar-refractivity contribution in [2.75, 3.05) is 11.4 Å². The standard InChI is InChI=1S/C20H16F3N3O/c21-20(22,23)16-8-9-18-14(11-16)5-4-10-25(18)19(27)15-12-24-26(13-15)17-6-2-1-3-7-17/h1-3,6-9,11-13H,4-5,10H2. The second-order valence-electron chi connectivity index (χ2n) is 6.41. The number of benzene rings is 2. The van der Waals surface area contributed by atoms with Gasteiger partial charge in [0.2, 0.25) is 0 Å². The van der Waals surface area contributed by atoms with Gasteiger partial charge >= 0.3 is 6.18 Å². The second-order valence-corrected chi connectivity index (χ2v) is 6.41. The minimum Gasteiger partial charge on any atom is -0.308 e. The predicted octanol–water partition coefficient (Wildman–Crippen LogP) is 4.48. The van der Waals surface area contributed by atoms with Crippen molar-refractivity contribution in [3.8, 4) is 5.69 Å². The molecular weight excluding hydrogens is 355 g/mol. The first-order chi connectivity index (χ1) is 12.9. The molecule has 7 heteroatoms. The Kier molecular flexibility index (Phi) is 4.22. The molecule has 0 saturated carbocycles. The number of halogens is 3. The van der Waals surface area contributed by atoms with Gasteiger partial charge in [-0.1, -0.05) is 18.2 Å². The average Bonchev–Trinajstić information content (AvgIpc) is 3.17. The van der Waals surface area contributed by atoms with Gasteiger partial charge in [0.25, 0.3) is 5.91 Å². The van der Waals surface area contributed by atoms with E-state index in [1.165, 1.54) is 17.2 Å². The molecule has 1 aliphatic rings. The lowest BCUT2D eigenvalue weighted by molar-refractivity contribution is -0.137. The van der Waals surface area contributed by atoms with Crippen molar-refractivity contribution < 1.29 is 18.0 Å². The number of rotatable bonds is 2. The molecular formula is C20H16F3N3O. The fourth-order valence-electron chi connectivity index (χ4n) is 3.30. The first-order valence-electron chi connectivity index (χ1n) is 8.55. The highest BCUT2D eigenvalue weighted by Gasteiger charge is 2.33. The Hall–Kier alpha value is -3.09. The summed E-state index contributed by atoms with van der Waals surface area (Å²) in [6.45, 7) is 0.466. The summed E-state index contributed by atoms with van der Waals surface area (Å²) in [6.07, 6.45) is -0.138. The summed E-state index contributed by atoms with van der Waals surface area (Å²) in [7, 11) is 0. The summed E-state index contributed by atoms with van der Waals surface area (Å²) in [5.41, 5.74) is 1.61. The maximum absolute atomic E-state index is 13.0. The van der Waals surface area contributed by atoms with Crippen LogP contribution in [0.1, 0.15) is 27.9 Å². The van der Waals surface area contributed by atoms with Crippen molar-refractivity contribution in [1.29, 1.82) is 0 Å². The van der Waals surface area contributed by atoms with E-state index in [0.717, 1.165) is 17.8 Å². The smallest absolute Gasteiger partial charge is 0.308 e. The molecule has 2 aromatic carbocycles. The van der Waals surface area contributed by atoms with Crippen LogP contribution in [0.5, 0.6) is 0 Å². The summed E-state index contributed by atoms with van der Waals surface area (Å²) in [5, 5.41) is 4.23. The number of alkyl halides is 3. The van der Waals surface area contributed by atoms with E-state index in [1.807, 2.05) is 30.3 Å². The second kappa shape index (κ2) is 6.57. The van der Waals surface area contributed by atoms with Crippen LogP contribution in [0, 0.1) is 0 Å². The Bertz CT molecular complexity index is 980. The molecule has 0 spiro atoms. The number of carbonyl (C=O) groups excluding carboxylic acids is 1. The van der Waals surface area contributed by atoms with Gasteiger partial charge in [0.1, 0.15) is 0 Å². The lowest BCUT2D eigenvalue weighted by Crippen LogP contribution is -2.35. The van der Waals surface area contributed by atoms with Crippen LogP contribution in [0.25, 0.3) is 5.69 Å². The van der Waals surface area contributed by atoms with Gasteiger partial charge in [0, 0.05) is 18.4 Å². The molecule has 0 fully saturated rings. The molecule has 27 heavy (non-hydrogen) atoms. The number of aryl methyl sites for hydroxylation is 1. The Balaban J connectivity index is 1.64. The van der Waals surface area contributed by atoms with Gasteiger partial charge in [-0.3, -0.25) is 4.79 Å². The number of hydrogen-bond donors (Lipinski definition) is 0. The van der Waals surface area contributed by atoms with E-state index in [1.54, 1.807) is 10.9 Å². The number of nitrogens with zero attached hydrogens (tertiary/aromatic N) is 3. The quantitative estimate of drug-likeness (QED) is 0.666. The molecule has 0 bridgehead atoms. The molecule has 0 unspecified atom stereocenters. The van der Waals surface area contributed by atoms with Crippen LogP contribution in [-0.4, -0.2) is 22.2 Å². The van der Waals surface area contributed by atoms with E-state index in [0.29, 0.717) is 36.2 Å².